The highest BCUT2D eigenvalue weighted by atomic mass is 32.1. The van der Waals surface area contributed by atoms with Crippen LogP contribution >= 0.6 is 11.3 Å². The average Bonchev–Trinajstić information content (AvgIpc) is 3.28. The zero-order chi connectivity index (χ0) is 22.5. The standard InChI is InChI=1S/C26H23N5OS/c1-30-13-19(14-30)16-4-3-5-20(8-16)29-25-11-23-18(12-27-25)9-21(26(32)31(23)2)17-6-7-24-22(10-17)28-15-33-24/h3-12,15,19H,13-14H2,1-2H3,(H,27,29). The minimum Gasteiger partial charge on any atom is -0.340 e. The van der Waals surface area contributed by atoms with E-state index in [0.29, 0.717) is 11.5 Å². The van der Waals surface area contributed by atoms with Gasteiger partial charge in [0.25, 0.3) is 5.56 Å². The van der Waals surface area contributed by atoms with Gasteiger partial charge in [-0.15, -0.1) is 11.3 Å². The maximum Gasteiger partial charge on any atom is 0.258 e. The van der Waals surface area contributed by atoms with Gasteiger partial charge in [-0.1, -0.05) is 18.2 Å². The summed E-state index contributed by atoms with van der Waals surface area (Å²) in [6.07, 6.45) is 1.83. The summed E-state index contributed by atoms with van der Waals surface area (Å²) in [7, 11) is 3.96. The lowest BCUT2D eigenvalue weighted by atomic mass is 9.92. The number of nitrogens with one attached hydrogen (secondary N) is 1. The predicted molar refractivity (Wildman–Crippen MR) is 136 cm³/mol. The van der Waals surface area contributed by atoms with Gasteiger partial charge in [-0.05, 0) is 48.5 Å². The molecule has 0 amide bonds. The molecule has 1 saturated heterocycles. The number of likely N-dealkylation sites (N-methyl/N-ethyl adjacent to an activating group) is 1. The van der Waals surface area contributed by atoms with Crippen molar-refractivity contribution in [2.24, 2.45) is 7.05 Å². The van der Waals surface area contributed by atoms with Crippen molar-refractivity contribution in [3.05, 3.63) is 82.2 Å². The van der Waals surface area contributed by atoms with Crippen molar-refractivity contribution in [2.75, 3.05) is 25.5 Å². The lowest BCUT2D eigenvalue weighted by molar-refractivity contribution is 0.190. The molecule has 164 valence electrons. The molecule has 6 rings (SSSR count). The van der Waals surface area contributed by atoms with E-state index in [-0.39, 0.29) is 5.56 Å². The molecule has 4 heterocycles. The van der Waals surface area contributed by atoms with Crippen LogP contribution in [0, 0.1) is 0 Å². The highest BCUT2D eigenvalue weighted by Gasteiger charge is 2.24. The molecule has 0 unspecified atom stereocenters. The van der Waals surface area contributed by atoms with Crippen LogP contribution in [0.2, 0.25) is 0 Å². The quantitative estimate of drug-likeness (QED) is 0.416. The topological polar surface area (TPSA) is 63.0 Å². The first kappa shape index (κ1) is 20.1. The number of fused-ring (bicyclic) bond motifs is 2. The highest BCUT2D eigenvalue weighted by Crippen LogP contribution is 2.29. The third-order valence-electron chi connectivity index (χ3n) is 6.44. The molecule has 0 saturated carbocycles. The molecule has 7 heteroatoms. The second-order valence-corrected chi connectivity index (χ2v) is 9.64. The van der Waals surface area contributed by atoms with Gasteiger partial charge < -0.3 is 14.8 Å². The van der Waals surface area contributed by atoms with Gasteiger partial charge in [0.15, 0.2) is 0 Å². The number of aryl methyl sites for hydroxylation is 1. The number of nitrogens with zero attached hydrogens (tertiary/aromatic N) is 4. The number of anilines is 2. The average molecular weight is 454 g/mol. The molecule has 6 nitrogen and oxygen atoms in total. The second kappa shape index (κ2) is 7.79. The van der Waals surface area contributed by atoms with Crippen molar-refractivity contribution in [3.63, 3.8) is 0 Å². The van der Waals surface area contributed by atoms with Crippen molar-refractivity contribution in [1.29, 1.82) is 0 Å². The fourth-order valence-electron chi connectivity index (χ4n) is 4.59. The zero-order valence-electron chi connectivity index (χ0n) is 18.4. The van der Waals surface area contributed by atoms with Gasteiger partial charge in [-0.25, -0.2) is 9.97 Å². The molecule has 33 heavy (non-hydrogen) atoms. The van der Waals surface area contributed by atoms with E-state index in [1.54, 1.807) is 15.9 Å². The third-order valence-corrected chi connectivity index (χ3v) is 7.25. The van der Waals surface area contributed by atoms with Crippen LogP contribution in [0.25, 0.3) is 32.2 Å². The smallest absolute Gasteiger partial charge is 0.258 e. The van der Waals surface area contributed by atoms with E-state index in [0.717, 1.165) is 51.3 Å². The Kier molecular flexibility index (Phi) is 4.74. The van der Waals surface area contributed by atoms with Crippen LogP contribution in [0.15, 0.2) is 71.1 Å². The summed E-state index contributed by atoms with van der Waals surface area (Å²) in [5.41, 5.74) is 7.41. The van der Waals surface area contributed by atoms with Gasteiger partial charge in [0.1, 0.15) is 5.82 Å². The lowest BCUT2D eigenvalue weighted by Gasteiger charge is -2.36. The van der Waals surface area contributed by atoms with E-state index in [2.05, 4.69) is 51.5 Å². The maximum atomic E-state index is 13.2. The summed E-state index contributed by atoms with van der Waals surface area (Å²) in [5.74, 6) is 1.31. The fraction of sp³-hybridized carbons (Fsp3) is 0.192. The second-order valence-electron chi connectivity index (χ2n) is 8.75. The number of aromatic nitrogens is 3. The molecular formula is C26H23N5OS. The normalized spacial score (nSPS) is 14.6. The first-order valence-electron chi connectivity index (χ1n) is 10.9. The Labute approximate surface area is 195 Å². The molecule has 0 radical (unpaired) electrons. The number of rotatable bonds is 4. The molecule has 0 atom stereocenters. The molecule has 1 aliphatic heterocycles. The van der Waals surface area contributed by atoms with Crippen molar-refractivity contribution in [1.82, 2.24) is 19.4 Å². The molecule has 3 aromatic heterocycles. The van der Waals surface area contributed by atoms with Crippen molar-refractivity contribution in [3.8, 4) is 11.1 Å². The zero-order valence-corrected chi connectivity index (χ0v) is 19.3. The molecular weight excluding hydrogens is 430 g/mol. The summed E-state index contributed by atoms with van der Waals surface area (Å²) in [6, 6.07) is 18.4. The molecule has 5 aromatic rings. The molecule has 1 aliphatic rings. The molecule has 1 fully saturated rings. The minimum absolute atomic E-state index is 0.0367. The SMILES string of the molecule is CN1CC(c2cccc(Nc3cc4c(cn3)cc(-c3ccc5scnc5c3)c(=O)n4C)c2)C1. The van der Waals surface area contributed by atoms with Crippen LogP contribution < -0.4 is 10.9 Å². The number of thiazole rings is 1. The van der Waals surface area contributed by atoms with Gasteiger partial charge in [0, 0.05) is 55.0 Å². The first-order chi connectivity index (χ1) is 16.0. The maximum absolute atomic E-state index is 13.2. The van der Waals surface area contributed by atoms with E-state index in [9.17, 15) is 4.79 Å². The van der Waals surface area contributed by atoms with Crippen molar-refractivity contribution in [2.45, 2.75) is 5.92 Å². The predicted octanol–water partition coefficient (Wildman–Crippen LogP) is 4.98. The lowest BCUT2D eigenvalue weighted by Crippen LogP contribution is -2.41. The molecule has 0 bridgehead atoms. The van der Waals surface area contributed by atoms with Crippen LogP contribution in [0.3, 0.4) is 0 Å². The summed E-state index contributed by atoms with van der Waals surface area (Å²) in [6.45, 7) is 2.19. The van der Waals surface area contributed by atoms with Gasteiger partial charge in [-0.2, -0.15) is 0 Å². The fourth-order valence-corrected chi connectivity index (χ4v) is 5.25. The van der Waals surface area contributed by atoms with Crippen LogP contribution in [-0.2, 0) is 7.05 Å². The van der Waals surface area contributed by atoms with E-state index in [1.165, 1.54) is 5.56 Å². The molecule has 1 N–H and O–H groups in total. The summed E-state index contributed by atoms with van der Waals surface area (Å²) in [5, 5.41) is 4.33. The van der Waals surface area contributed by atoms with E-state index < -0.39 is 0 Å². The number of benzene rings is 2. The molecule has 0 aliphatic carbocycles. The Morgan fingerprint density at radius 1 is 1.03 bits per heavy atom. The van der Waals surface area contributed by atoms with Gasteiger partial charge in [-0.3, -0.25) is 4.79 Å². The van der Waals surface area contributed by atoms with Crippen molar-refractivity contribution >= 4 is 44.0 Å². The van der Waals surface area contributed by atoms with Gasteiger partial charge in [0.05, 0.1) is 21.2 Å². The molecule has 0 spiro atoms. The highest BCUT2D eigenvalue weighted by molar-refractivity contribution is 7.16. The third kappa shape index (κ3) is 3.59. The largest absolute Gasteiger partial charge is 0.340 e. The monoisotopic (exact) mass is 453 g/mol. The Morgan fingerprint density at radius 3 is 2.76 bits per heavy atom. The van der Waals surface area contributed by atoms with Crippen molar-refractivity contribution < 1.29 is 0 Å². The van der Waals surface area contributed by atoms with Crippen LogP contribution in [0.1, 0.15) is 11.5 Å². The van der Waals surface area contributed by atoms with E-state index >= 15 is 0 Å². The summed E-state index contributed by atoms with van der Waals surface area (Å²) in [4.78, 5) is 24.5. The number of likely N-dealkylation sites (tertiary alicyclic amines) is 1. The summed E-state index contributed by atoms with van der Waals surface area (Å²) >= 11 is 1.60. The minimum atomic E-state index is -0.0367. The van der Waals surface area contributed by atoms with E-state index in [4.69, 9.17) is 0 Å². The summed E-state index contributed by atoms with van der Waals surface area (Å²) < 4.78 is 2.81. The Morgan fingerprint density at radius 2 is 1.91 bits per heavy atom. The van der Waals surface area contributed by atoms with Crippen LogP contribution in [0.4, 0.5) is 11.5 Å². The van der Waals surface area contributed by atoms with Gasteiger partial charge >= 0.3 is 0 Å². The van der Waals surface area contributed by atoms with Gasteiger partial charge in [0.2, 0.25) is 0 Å². The number of hydrogen-bond donors (Lipinski definition) is 1. The Hall–Kier alpha value is -3.55. The van der Waals surface area contributed by atoms with Crippen LogP contribution in [-0.4, -0.2) is 39.6 Å². The number of hydrogen-bond acceptors (Lipinski definition) is 6. The Balaban J connectivity index is 1.34. The van der Waals surface area contributed by atoms with Crippen LogP contribution in [0.5, 0.6) is 0 Å². The number of pyridine rings is 2. The molecule has 2 aromatic carbocycles. The first-order valence-corrected chi connectivity index (χ1v) is 11.8. The Bertz CT molecular complexity index is 1560. The van der Waals surface area contributed by atoms with E-state index in [1.807, 2.05) is 49.1 Å².